The number of rotatable bonds is 9. The molecule has 0 unspecified atom stereocenters. The number of sulfone groups is 1. The molecule has 11 nitrogen and oxygen atoms in total. The lowest BCUT2D eigenvalue weighted by atomic mass is 10.1. The minimum atomic E-state index is -4.74. The Morgan fingerprint density at radius 2 is 1.69 bits per heavy atom. The van der Waals surface area contributed by atoms with Crippen molar-refractivity contribution in [2.45, 2.75) is 11.8 Å². The number of nitrogens with one attached hydrogen (secondary N) is 1. The van der Waals surface area contributed by atoms with Crippen LogP contribution in [0.1, 0.15) is 15.9 Å². The second kappa shape index (κ2) is 8.41. The minimum absolute atomic E-state index is 0.102. The molecule has 0 radical (unpaired) electrons. The largest absolute Gasteiger partial charge is 0.397 e. The maximum Gasteiger partial charge on any atom is 0.397 e. The van der Waals surface area contributed by atoms with Crippen molar-refractivity contribution in [2.24, 2.45) is 0 Å². The monoisotopic (exact) mass is 431 g/mol. The lowest BCUT2D eigenvalue weighted by Gasteiger charge is -2.08. The summed E-state index contributed by atoms with van der Waals surface area (Å²) in [7, 11) is -13.0. The van der Waals surface area contributed by atoms with Crippen LogP contribution in [0.25, 0.3) is 0 Å². The highest BCUT2D eigenvalue weighted by molar-refractivity contribution is 7.91. The molecule has 0 aliphatic carbocycles. The topological polar surface area (TPSA) is 181 Å². The van der Waals surface area contributed by atoms with Crippen LogP contribution in [-0.4, -0.2) is 64.9 Å². The van der Waals surface area contributed by atoms with Gasteiger partial charge >= 0.3 is 10.4 Å². The van der Waals surface area contributed by atoms with Crippen molar-refractivity contribution in [3.63, 3.8) is 0 Å². The highest BCUT2D eigenvalue weighted by Gasteiger charge is 2.17. The van der Waals surface area contributed by atoms with Gasteiger partial charge in [0.2, 0.25) is 0 Å². The molecule has 0 saturated heterocycles. The van der Waals surface area contributed by atoms with E-state index in [1.807, 2.05) is 0 Å². The van der Waals surface area contributed by atoms with Gasteiger partial charge in [-0.1, -0.05) is 6.07 Å². The van der Waals surface area contributed by atoms with Gasteiger partial charge in [-0.3, -0.25) is 13.9 Å². The Labute approximate surface area is 151 Å². The van der Waals surface area contributed by atoms with Gasteiger partial charge < -0.3 is 5.32 Å². The molecule has 14 heteroatoms. The van der Waals surface area contributed by atoms with E-state index in [0.29, 0.717) is 0 Å². The normalized spacial score (nSPS) is 12.7. The van der Waals surface area contributed by atoms with Crippen LogP contribution in [0.3, 0.4) is 0 Å². The molecule has 0 fully saturated rings. The fourth-order valence-electron chi connectivity index (χ4n) is 1.81. The van der Waals surface area contributed by atoms with Gasteiger partial charge in [0.1, 0.15) is 0 Å². The number of amides is 1. The first-order chi connectivity index (χ1) is 11.7. The Morgan fingerprint density at radius 1 is 1.08 bits per heavy atom. The maximum absolute atomic E-state index is 11.9. The third-order valence-electron chi connectivity index (χ3n) is 3.05. The predicted octanol–water partition coefficient (Wildman–Crippen LogP) is -0.794. The Kier molecular flexibility index (Phi) is 7.26. The van der Waals surface area contributed by atoms with Crippen molar-refractivity contribution in [1.82, 2.24) is 5.32 Å². The standard InChI is InChI=1S/C12H17NO10S3/c1-9-2-3-10(8-11(9)25(17,18)19)12(14)13-4-6-24(15,16)7-5-23-26(20,21)22/h2-3,8H,4-7H2,1H3,(H,13,14)(H,17,18,19)(H,20,21,22). The molecule has 0 saturated carbocycles. The van der Waals surface area contributed by atoms with Crippen LogP contribution >= 0.6 is 0 Å². The van der Waals surface area contributed by atoms with Gasteiger partial charge in [0.25, 0.3) is 16.0 Å². The van der Waals surface area contributed by atoms with E-state index in [4.69, 9.17) is 9.11 Å². The molecule has 3 N–H and O–H groups in total. The smallest absolute Gasteiger partial charge is 0.351 e. The van der Waals surface area contributed by atoms with Crippen molar-refractivity contribution in [3.05, 3.63) is 29.3 Å². The second-order valence-corrected chi connectivity index (χ2v) is 9.90. The summed E-state index contributed by atoms with van der Waals surface area (Å²) in [5, 5.41) is 2.26. The van der Waals surface area contributed by atoms with E-state index < -0.39 is 59.3 Å². The van der Waals surface area contributed by atoms with Crippen LogP contribution < -0.4 is 5.32 Å². The predicted molar refractivity (Wildman–Crippen MR) is 89.5 cm³/mol. The molecule has 0 heterocycles. The molecule has 0 aromatic heterocycles. The Hall–Kier alpha value is -1.58. The Balaban J connectivity index is 2.65. The minimum Gasteiger partial charge on any atom is -0.351 e. The van der Waals surface area contributed by atoms with E-state index in [1.54, 1.807) is 0 Å². The fourth-order valence-corrected chi connectivity index (χ4v) is 3.91. The molecule has 0 atom stereocenters. The Morgan fingerprint density at radius 3 is 2.23 bits per heavy atom. The third kappa shape index (κ3) is 7.76. The summed E-state index contributed by atoms with van der Waals surface area (Å²) in [6, 6.07) is 3.56. The van der Waals surface area contributed by atoms with E-state index in [0.717, 1.165) is 6.07 Å². The quantitative estimate of drug-likeness (QED) is 0.419. The number of carbonyl (C=O) groups is 1. The second-order valence-electron chi connectivity index (χ2n) is 5.11. The third-order valence-corrected chi connectivity index (χ3v) is 6.13. The van der Waals surface area contributed by atoms with Crippen LogP contribution in [0.15, 0.2) is 23.1 Å². The van der Waals surface area contributed by atoms with Crippen molar-refractivity contribution >= 4 is 36.3 Å². The lowest BCUT2D eigenvalue weighted by Crippen LogP contribution is -2.30. The zero-order valence-electron chi connectivity index (χ0n) is 13.4. The van der Waals surface area contributed by atoms with E-state index in [1.165, 1.54) is 19.1 Å². The van der Waals surface area contributed by atoms with E-state index in [-0.39, 0.29) is 17.7 Å². The summed E-state index contributed by atoms with van der Waals surface area (Å²) in [5.41, 5.74) is 0.126. The fraction of sp³-hybridized carbons (Fsp3) is 0.417. The SMILES string of the molecule is Cc1ccc(C(=O)NCCS(=O)(=O)CCOS(=O)(=O)O)cc1S(=O)(=O)O. The van der Waals surface area contributed by atoms with Gasteiger partial charge in [-0.2, -0.15) is 16.8 Å². The first-order valence-electron chi connectivity index (χ1n) is 6.90. The molecule has 0 aliphatic rings. The highest BCUT2D eigenvalue weighted by Crippen LogP contribution is 2.16. The van der Waals surface area contributed by atoms with Gasteiger partial charge in [-0.05, 0) is 24.6 Å². The molecule has 1 amide bonds. The number of benzene rings is 1. The summed E-state index contributed by atoms with van der Waals surface area (Å²) in [6.45, 7) is 0.318. The molecule has 1 aromatic carbocycles. The van der Waals surface area contributed by atoms with Gasteiger partial charge in [0.05, 0.1) is 23.0 Å². The van der Waals surface area contributed by atoms with E-state index in [9.17, 15) is 30.0 Å². The first-order valence-corrected chi connectivity index (χ1v) is 11.5. The molecular weight excluding hydrogens is 414 g/mol. The molecule has 26 heavy (non-hydrogen) atoms. The molecule has 1 aromatic rings. The number of hydrogen-bond acceptors (Lipinski definition) is 8. The molecule has 0 aliphatic heterocycles. The van der Waals surface area contributed by atoms with Crippen LogP contribution in [0, 0.1) is 6.92 Å². The molecule has 0 spiro atoms. The average Bonchev–Trinajstić information content (AvgIpc) is 2.44. The summed E-state index contributed by atoms with van der Waals surface area (Å²) < 4.78 is 87.7. The summed E-state index contributed by atoms with van der Waals surface area (Å²) in [6.07, 6.45) is 0. The van der Waals surface area contributed by atoms with Gasteiger partial charge in [-0.25, -0.2) is 12.6 Å². The van der Waals surface area contributed by atoms with Crippen LogP contribution in [0.4, 0.5) is 0 Å². The van der Waals surface area contributed by atoms with Gasteiger partial charge in [0, 0.05) is 12.1 Å². The summed E-state index contributed by atoms with van der Waals surface area (Å²) in [4.78, 5) is 11.5. The van der Waals surface area contributed by atoms with Crippen LogP contribution in [0.5, 0.6) is 0 Å². The highest BCUT2D eigenvalue weighted by atomic mass is 32.3. The van der Waals surface area contributed by atoms with Gasteiger partial charge in [-0.15, -0.1) is 0 Å². The summed E-state index contributed by atoms with van der Waals surface area (Å²) in [5.74, 6) is -2.00. The zero-order valence-corrected chi connectivity index (χ0v) is 15.9. The Bertz CT molecular complexity index is 980. The molecule has 0 bridgehead atoms. The molecule has 148 valence electrons. The zero-order chi connectivity index (χ0) is 20.2. The number of hydrogen-bond donors (Lipinski definition) is 3. The molecule has 1 rings (SSSR count). The van der Waals surface area contributed by atoms with Crippen LogP contribution in [0.2, 0.25) is 0 Å². The molecular formula is C12H17NO10S3. The number of aryl methyl sites for hydroxylation is 1. The summed E-state index contributed by atoms with van der Waals surface area (Å²) >= 11 is 0. The maximum atomic E-state index is 11.9. The average molecular weight is 431 g/mol. The van der Waals surface area contributed by atoms with Crippen molar-refractivity contribution < 1.29 is 43.3 Å². The van der Waals surface area contributed by atoms with Gasteiger partial charge in [0.15, 0.2) is 9.84 Å². The lowest BCUT2D eigenvalue weighted by molar-refractivity contribution is 0.0956. The van der Waals surface area contributed by atoms with Crippen molar-refractivity contribution in [1.29, 1.82) is 0 Å². The van der Waals surface area contributed by atoms with Crippen molar-refractivity contribution in [2.75, 3.05) is 24.7 Å². The van der Waals surface area contributed by atoms with Crippen molar-refractivity contribution in [3.8, 4) is 0 Å². The first kappa shape index (κ1) is 22.5. The number of carbonyl (C=O) groups excluding carboxylic acids is 1. The van der Waals surface area contributed by atoms with E-state index in [2.05, 4.69) is 9.50 Å². The van der Waals surface area contributed by atoms with Crippen LogP contribution in [-0.2, 0) is 34.5 Å². The van der Waals surface area contributed by atoms with E-state index >= 15 is 0 Å².